The van der Waals surface area contributed by atoms with Crippen LogP contribution in [0.1, 0.15) is 41.0 Å². The highest BCUT2D eigenvalue weighted by atomic mass is 16.5. The van der Waals surface area contributed by atoms with Gasteiger partial charge in [0.05, 0.1) is 20.2 Å². The molecule has 4 heteroatoms. The highest BCUT2D eigenvalue weighted by molar-refractivity contribution is 5.98. The topological polar surface area (TPSA) is 35.7 Å². The largest absolute Gasteiger partial charge is 0.497 e. The van der Waals surface area contributed by atoms with Crippen molar-refractivity contribution < 1.29 is 14.4 Å². The Balaban J connectivity index is 1.83. The van der Waals surface area contributed by atoms with Crippen LogP contribution < -0.4 is 9.64 Å². The maximum atomic E-state index is 12.8. The molecule has 0 amide bonds. The normalized spacial score (nSPS) is 15.5. The van der Waals surface area contributed by atoms with Gasteiger partial charge in [-0.3, -0.25) is 4.79 Å². The molecule has 1 aliphatic heterocycles. The van der Waals surface area contributed by atoms with E-state index in [0.717, 1.165) is 41.5 Å². The highest BCUT2D eigenvalue weighted by Gasteiger charge is 2.22. The van der Waals surface area contributed by atoms with Gasteiger partial charge in [0.15, 0.2) is 0 Å². The molecule has 1 N–H and O–H groups in total. The van der Waals surface area contributed by atoms with Crippen molar-refractivity contribution in [3.05, 3.63) is 47.3 Å². The van der Waals surface area contributed by atoms with Crippen LogP contribution in [0.5, 0.6) is 5.75 Å². The molecule has 1 saturated heterocycles. The number of quaternary nitrogens is 1. The van der Waals surface area contributed by atoms with Gasteiger partial charge < -0.3 is 14.2 Å². The van der Waals surface area contributed by atoms with E-state index in [1.165, 1.54) is 24.2 Å². The molecular weight excluding hydrogens is 300 g/mol. The Morgan fingerprint density at radius 3 is 2.42 bits per heavy atom. The molecule has 4 nitrogen and oxygen atoms in total. The Labute approximate surface area is 144 Å². The van der Waals surface area contributed by atoms with Crippen LogP contribution in [0.2, 0.25) is 0 Å². The SMILES string of the molecule is COc1ccc(-n2c(C)cc(C(=O)C[NH+]3CCCCC3)c2C)cc1. The zero-order chi connectivity index (χ0) is 17.1. The van der Waals surface area contributed by atoms with Crippen LogP contribution >= 0.6 is 0 Å². The van der Waals surface area contributed by atoms with Crippen molar-refractivity contribution in [3.8, 4) is 11.4 Å². The van der Waals surface area contributed by atoms with Crippen LogP contribution in [0, 0.1) is 13.8 Å². The molecule has 0 saturated carbocycles. The van der Waals surface area contributed by atoms with E-state index in [9.17, 15) is 4.79 Å². The quantitative estimate of drug-likeness (QED) is 0.856. The summed E-state index contributed by atoms with van der Waals surface area (Å²) in [5, 5.41) is 0. The second-order valence-electron chi connectivity index (χ2n) is 6.73. The van der Waals surface area contributed by atoms with E-state index in [2.05, 4.69) is 11.5 Å². The number of carbonyl (C=O) groups excluding carboxylic acids is 1. The van der Waals surface area contributed by atoms with E-state index in [1.807, 2.05) is 37.3 Å². The second kappa shape index (κ2) is 7.22. The lowest BCUT2D eigenvalue weighted by molar-refractivity contribution is -0.896. The van der Waals surface area contributed by atoms with Gasteiger partial charge in [-0.2, -0.15) is 0 Å². The zero-order valence-electron chi connectivity index (χ0n) is 14.9. The molecular formula is C20H27N2O2+. The number of likely N-dealkylation sites (tertiary alicyclic amines) is 1. The first-order valence-corrected chi connectivity index (χ1v) is 8.80. The molecule has 128 valence electrons. The molecule has 0 aliphatic carbocycles. The van der Waals surface area contributed by atoms with Crippen molar-refractivity contribution in [1.82, 2.24) is 4.57 Å². The average Bonchev–Trinajstić information content (AvgIpc) is 2.90. The van der Waals surface area contributed by atoms with Crippen LogP contribution in [0.3, 0.4) is 0 Å². The first-order valence-electron chi connectivity index (χ1n) is 8.80. The number of benzene rings is 1. The Kier molecular flexibility index (Phi) is 5.05. The molecule has 0 bridgehead atoms. The van der Waals surface area contributed by atoms with Crippen molar-refractivity contribution in [1.29, 1.82) is 0 Å². The molecule has 1 aromatic heterocycles. The van der Waals surface area contributed by atoms with Gasteiger partial charge in [-0.1, -0.05) is 0 Å². The van der Waals surface area contributed by atoms with Gasteiger partial charge in [0.25, 0.3) is 0 Å². The number of aryl methyl sites for hydroxylation is 1. The smallest absolute Gasteiger partial charge is 0.218 e. The lowest BCUT2D eigenvalue weighted by atomic mass is 10.1. The average molecular weight is 327 g/mol. The molecule has 0 unspecified atom stereocenters. The van der Waals surface area contributed by atoms with E-state index in [-0.39, 0.29) is 5.78 Å². The first kappa shape index (κ1) is 16.8. The standard InChI is InChI=1S/C20H26N2O2/c1-15-13-19(20(23)14-21-11-5-4-6-12-21)16(2)22(15)17-7-9-18(24-3)10-8-17/h7-10,13H,4-6,11-12,14H2,1-3H3/p+1. The van der Waals surface area contributed by atoms with E-state index in [1.54, 1.807) is 7.11 Å². The molecule has 1 aromatic carbocycles. The summed E-state index contributed by atoms with van der Waals surface area (Å²) in [6, 6.07) is 10.00. The van der Waals surface area contributed by atoms with E-state index in [0.29, 0.717) is 6.54 Å². The number of aromatic nitrogens is 1. The third-order valence-corrected chi connectivity index (χ3v) is 5.03. The number of methoxy groups -OCH3 is 1. The van der Waals surface area contributed by atoms with Crippen molar-refractivity contribution in [2.75, 3.05) is 26.7 Å². The van der Waals surface area contributed by atoms with Gasteiger partial charge >= 0.3 is 0 Å². The monoisotopic (exact) mass is 327 g/mol. The van der Waals surface area contributed by atoms with Crippen LogP contribution in [-0.2, 0) is 0 Å². The minimum Gasteiger partial charge on any atom is -0.497 e. The predicted molar refractivity (Wildman–Crippen MR) is 95.5 cm³/mol. The summed E-state index contributed by atoms with van der Waals surface area (Å²) < 4.78 is 7.38. The molecule has 3 rings (SSSR count). The number of hydrogen-bond donors (Lipinski definition) is 1. The van der Waals surface area contributed by atoms with Crippen LogP contribution in [0.15, 0.2) is 30.3 Å². The summed E-state index contributed by atoms with van der Waals surface area (Å²) >= 11 is 0. The molecule has 2 aromatic rings. The van der Waals surface area contributed by atoms with Crippen molar-refractivity contribution in [3.63, 3.8) is 0 Å². The Morgan fingerprint density at radius 1 is 1.12 bits per heavy atom. The minimum atomic E-state index is 0.264. The Hall–Kier alpha value is -2.07. The molecule has 0 radical (unpaired) electrons. The fraction of sp³-hybridized carbons (Fsp3) is 0.450. The lowest BCUT2D eigenvalue weighted by Crippen LogP contribution is -3.13. The third-order valence-electron chi connectivity index (χ3n) is 5.03. The molecule has 1 aliphatic rings. The van der Waals surface area contributed by atoms with Crippen molar-refractivity contribution in [2.45, 2.75) is 33.1 Å². The van der Waals surface area contributed by atoms with Crippen LogP contribution in [-0.4, -0.2) is 37.1 Å². The Morgan fingerprint density at radius 2 is 1.79 bits per heavy atom. The van der Waals surface area contributed by atoms with Gasteiger partial charge in [0.1, 0.15) is 12.3 Å². The molecule has 2 heterocycles. The predicted octanol–water partition coefficient (Wildman–Crippen LogP) is 2.35. The van der Waals surface area contributed by atoms with Crippen molar-refractivity contribution >= 4 is 5.78 Å². The summed E-state index contributed by atoms with van der Waals surface area (Å²) in [6.45, 7) is 6.97. The number of nitrogens with zero attached hydrogens (tertiary/aromatic N) is 1. The van der Waals surface area contributed by atoms with E-state index >= 15 is 0 Å². The number of ketones is 1. The minimum absolute atomic E-state index is 0.264. The van der Waals surface area contributed by atoms with E-state index < -0.39 is 0 Å². The number of piperidine rings is 1. The summed E-state index contributed by atoms with van der Waals surface area (Å²) in [5.41, 5.74) is 4.05. The van der Waals surface area contributed by atoms with Crippen LogP contribution in [0.25, 0.3) is 5.69 Å². The molecule has 24 heavy (non-hydrogen) atoms. The number of carbonyl (C=O) groups is 1. The zero-order valence-corrected chi connectivity index (χ0v) is 14.9. The highest BCUT2D eigenvalue weighted by Crippen LogP contribution is 2.23. The van der Waals surface area contributed by atoms with Crippen molar-refractivity contribution in [2.24, 2.45) is 0 Å². The number of rotatable bonds is 5. The summed E-state index contributed by atoms with van der Waals surface area (Å²) in [6.07, 6.45) is 3.80. The number of hydrogen-bond acceptors (Lipinski definition) is 2. The van der Waals surface area contributed by atoms with Gasteiger partial charge in [0, 0.05) is 22.6 Å². The fourth-order valence-electron chi connectivity index (χ4n) is 3.72. The van der Waals surface area contributed by atoms with E-state index in [4.69, 9.17) is 4.74 Å². The second-order valence-corrected chi connectivity index (χ2v) is 6.73. The lowest BCUT2D eigenvalue weighted by Gasteiger charge is -2.22. The number of Topliss-reactive ketones (excluding diaryl/α,β-unsaturated/α-hetero) is 1. The number of nitrogens with one attached hydrogen (secondary N) is 1. The molecule has 0 atom stereocenters. The maximum absolute atomic E-state index is 12.8. The van der Waals surface area contributed by atoms with Gasteiger partial charge in [-0.25, -0.2) is 0 Å². The van der Waals surface area contributed by atoms with Gasteiger partial charge in [-0.15, -0.1) is 0 Å². The number of ether oxygens (including phenoxy) is 1. The maximum Gasteiger partial charge on any atom is 0.218 e. The van der Waals surface area contributed by atoms with Gasteiger partial charge in [-0.05, 0) is 63.4 Å². The summed E-state index contributed by atoms with van der Waals surface area (Å²) in [5.74, 6) is 1.10. The fourth-order valence-corrected chi connectivity index (χ4v) is 3.72. The van der Waals surface area contributed by atoms with Gasteiger partial charge in [0.2, 0.25) is 5.78 Å². The first-order chi connectivity index (χ1) is 11.6. The summed E-state index contributed by atoms with van der Waals surface area (Å²) in [7, 11) is 1.67. The Bertz CT molecular complexity index is 710. The third kappa shape index (κ3) is 3.39. The molecule has 0 spiro atoms. The summed E-state index contributed by atoms with van der Waals surface area (Å²) in [4.78, 5) is 14.2. The van der Waals surface area contributed by atoms with Crippen LogP contribution in [0.4, 0.5) is 0 Å². The molecule has 1 fully saturated rings.